The Morgan fingerprint density at radius 3 is 2.45 bits per heavy atom. The molecule has 1 aromatic carbocycles. The quantitative estimate of drug-likeness (QED) is 0.635. The fraction of sp³-hybridized carbons (Fsp3) is 0.316. The summed E-state index contributed by atoms with van der Waals surface area (Å²) in [4.78, 5) is 12.5. The summed E-state index contributed by atoms with van der Waals surface area (Å²) in [6.45, 7) is 4.90. The second kappa shape index (κ2) is 8.28. The number of benzene rings is 1. The van der Waals surface area contributed by atoms with Gasteiger partial charge in [-0.25, -0.2) is 13.2 Å². The molecule has 2 heterocycles. The van der Waals surface area contributed by atoms with E-state index in [1.807, 2.05) is 0 Å². The minimum absolute atomic E-state index is 0.155. The molecule has 3 aromatic rings. The van der Waals surface area contributed by atoms with Crippen molar-refractivity contribution in [3.05, 3.63) is 63.4 Å². The molecule has 0 saturated carbocycles. The van der Waals surface area contributed by atoms with Gasteiger partial charge in [-0.3, -0.25) is 14.2 Å². The van der Waals surface area contributed by atoms with Gasteiger partial charge in [0.1, 0.15) is 18.1 Å². The number of carbonyl (C=O) groups excluding carboxylic acids is 1. The summed E-state index contributed by atoms with van der Waals surface area (Å²) >= 11 is 5.86. The van der Waals surface area contributed by atoms with Gasteiger partial charge in [0.15, 0.2) is 0 Å². The fourth-order valence-electron chi connectivity index (χ4n) is 2.98. The van der Waals surface area contributed by atoms with E-state index >= 15 is 0 Å². The van der Waals surface area contributed by atoms with E-state index in [2.05, 4.69) is 15.5 Å². The van der Waals surface area contributed by atoms with Gasteiger partial charge in [-0.15, -0.1) is 0 Å². The SMILES string of the molecule is Cc1nn(Cc2ccccc2F)c(C)c1NC(=O)Cn1nc(C(F)F)c(Cl)c1C. The predicted octanol–water partition coefficient (Wildman–Crippen LogP) is 4.42. The largest absolute Gasteiger partial charge is 0.321 e. The summed E-state index contributed by atoms with van der Waals surface area (Å²) in [5.74, 6) is -0.809. The Hall–Kier alpha value is -2.81. The van der Waals surface area contributed by atoms with Crippen molar-refractivity contribution >= 4 is 23.2 Å². The van der Waals surface area contributed by atoms with Crippen LogP contribution in [0.15, 0.2) is 24.3 Å². The van der Waals surface area contributed by atoms with Gasteiger partial charge in [0.2, 0.25) is 5.91 Å². The van der Waals surface area contributed by atoms with E-state index in [9.17, 15) is 18.0 Å². The number of hydrogen-bond donors (Lipinski definition) is 1. The average Bonchev–Trinajstić information content (AvgIpc) is 3.08. The molecule has 0 aliphatic carbocycles. The average molecular weight is 426 g/mol. The van der Waals surface area contributed by atoms with Gasteiger partial charge < -0.3 is 5.32 Å². The molecular weight excluding hydrogens is 407 g/mol. The van der Waals surface area contributed by atoms with Crippen LogP contribution in [-0.4, -0.2) is 25.5 Å². The molecule has 0 unspecified atom stereocenters. The summed E-state index contributed by atoms with van der Waals surface area (Å²) in [5.41, 5.74) is 1.87. The zero-order chi connectivity index (χ0) is 21.3. The van der Waals surface area contributed by atoms with E-state index in [1.165, 1.54) is 13.0 Å². The highest BCUT2D eigenvalue weighted by Gasteiger charge is 2.22. The number of carbonyl (C=O) groups is 1. The molecular formula is C19H19ClF3N5O. The molecule has 0 fully saturated rings. The molecule has 29 heavy (non-hydrogen) atoms. The van der Waals surface area contributed by atoms with Crippen molar-refractivity contribution < 1.29 is 18.0 Å². The molecule has 3 rings (SSSR count). The Labute approximate surface area is 170 Å². The topological polar surface area (TPSA) is 64.7 Å². The van der Waals surface area contributed by atoms with E-state index in [4.69, 9.17) is 11.6 Å². The van der Waals surface area contributed by atoms with E-state index < -0.39 is 18.0 Å². The number of alkyl halides is 2. The van der Waals surface area contributed by atoms with Gasteiger partial charge in [-0.2, -0.15) is 10.2 Å². The third kappa shape index (κ3) is 4.29. The van der Waals surface area contributed by atoms with Crippen LogP contribution in [0, 0.1) is 26.6 Å². The van der Waals surface area contributed by atoms with E-state index in [1.54, 1.807) is 36.7 Å². The Kier molecular flexibility index (Phi) is 5.97. The summed E-state index contributed by atoms with van der Waals surface area (Å²) in [6, 6.07) is 6.37. The molecule has 0 aliphatic heterocycles. The third-order valence-electron chi connectivity index (χ3n) is 4.58. The van der Waals surface area contributed by atoms with Gasteiger partial charge in [0.25, 0.3) is 6.43 Å². The number of aryl methyl sites for hydroxylation is 1. The third-order valence-corrected chi connectivity index (χ3v) is 5.05. The minimum Gasteiger partial charge on any atom is -0.321 e. The number of nitrogens with zero attached hydrogens (tertiary/aromatic N) is 4. The minimum atomic E-state index is -2.83. The lowest BCUT2D eigenvalue weighted by Gasteiger charge is -2.09. The highest BCUT2D eigenvalue weighted by Crippen LogP contribution is 2.28. The monoisotopic (exact) mass is 425 g/mol. The van der Waals surface area contributed by atoms with Crippen LogP contribution in [0.3, 0.4) is 0 Å². The number of nitrogens with one attached hydrogen (secondary N) is 1. The molecule has 2 aromatic heterocycles. The van der Waals surface area contributed by atoms with Crippen LogP contribution < -0.4 is 5.32 Å². The molecule has 0 saturated heterocycles. The molecule has 0 spiro atoms. The van der Waals surface area contributed by atoms with Crippen molar-refractivity contribution in [2.75, 3.05) is 5.32 Å². The molecule has 0 radical (unpaired) electrons. The van der Waals surface area contributed by atoms with Crippen LogP contribution in [-0.2, 0) is 17.9 Å². The summed E-state index contributed by atoms with van der Waals surface area (Å²) < 4.78 is 42.5. The van der Waals surface area contributed by atoms with Crippen molar-refractivity contribution in [1.82, 2.24) is 19.6 Å². The van der Waals surface area contributed by atoms with Gasteiger partial charge in [0.05, 0.1) is 34.3 Å². The van der Waals surface area contributed by atoms with Crippen molar-refractivity contribution in [3.63, 3.8) is 0 Å². The van der Waals surface area contributed by atoms with Crippen molar-refractivity contribution in [2.45, 2.75) is 40.3 Å². The maximum Gasteiger partial charge on any atom is 0.283 e. The van der Waals surface area contributed by atoms with Gasteiger partial charge >= 0.3 is 0 Å². The van der Waals surface area contributed by atoms with Crippen LogP contribution in [0.5, 0.6) is 0 Å². The first-order valence-electron chi connectivity index (χ1n) is 8.77. The van der Waals surface area contributed by atoms with Crippen molar-refractivity contribution in [1.29, 1.82) is 0 Å². The van der Waals surface area contributed by atoms with Crippen LogP contribution in [0.4, 0.5) is 18.9 Å². The zero-order valence-corrected chi connectivity index (χ0v) is 16.8. The summed E-state index contributed by atoms with van der Waals surface area (Å²) in [6.07, 6.45) is -2.83. The molecule has 10 heteroatoms. The van der Waals surface area contributed by atoms with Crippen LogP contribution in [0.25, 0.3) is 0 Å². The Bertz CT molecular complexity index is 1060. The number of anilines is 1. The number of amides is 1. The van der Waals surface area contributed by atoms with Crippen LogP contribution >= 0.6 is 11.6 Å². The van der Waals surface area contributed by atoms with E-state index in [0.717, 1.165) is 4.68 Å². The number of rotatable bonds is 6. The predicted molar refractivity (Wildman–Crippen MR) is 103 cm³/mol. The van der Waals surface area contributed by atoms with Gasteiger partial charge in [-0.05, 0) is 26.8 Å². The maximum atomic E-state index is 13.9. The number of hydrogen-bond acceptors (Lipinski definition) is 3. The first-order chi connectivity index (χ1) is 13.7. The van der Waals surface area contributed by atoms with Crippen LogP contribution in [0.2, 0.25) is 5.02 Å². The molecule has 154 valence electrons. The lowest BCUT2D eigenvalue weighted by Crippen LogP contribution is -2.21. The molecule has 1 N–H and O–H groups in total. The first kappa shape index (κ1) is 20.9. The molecule has 0 bridgehead atoms. The lowest BCUT2D eigenvalue weighted by molar-refractivity contribution is -0.117. The first-order valence-corrected chi connectivity index (χ1v) is 9.15. The van der Waals surface area contributed by atoms with Gasteiger partial charge in [-0.1, -0.05) is 29.8 Å². The number of aromatic nitrogens is 4. The fourth-order valence-corrected chi connectivity index (χ4v) is 3.19. The smallest absolute Gasteiger partial charge is 0.283 e. The molecule has 1 amide bonds. The lowest BCUT2D eigenvalue weighted by atomic mass is 10.2. The number of halogens is 4. The maximum absolute atomic E-state index is 13.9. The molecule has 6 nitrogen and oxygen atoms in total. The van der Waals surface area contributed by atoms with Crippen molar-refractivity contribution in [3.8, 4) is 0 Å². The van der Waals surface area contributed by atoms with E-state index in [0.29, 0.717) is 22.6 Å². The van der Waals surface area contributed by atoms with Gasteiger partial charge in [0, 0.05) is 5.56 Å². The van der Waals surface area contributed by atoms with Crippen LogP contribution in [0.1, 0.15) is 34.8 Å². The highest BCUT2D eigenvalue weighted by molar-refractivity contribution is 6.31. The summed E-state index contributed by atoms with van der Waals surface area (Å²) in [7, 11) is 0. The summed E-state index contributed by atoms with van der Waals surface area (Å²) in [5, 5.41) is 10.6. The molecule has 0 atom stereocenters. The normalized spacial score (nSPS) is 11.3. The Balaban J connectivity index is 1.77. The second-order valence-electron chi connectivity index (χ2n) is 6.59. The Morgan fingerprint density at radius 2 is 1.83 bits per heavy atom. The second-order valence-corrected chi connectivity index (χ2v) is 6.96. The molecule has 0 aliphatic rings. The zero-order valence-electron chi connectivity index (χ0n) is 16.0. The van der Waals surface area contributed by atoms with Crippen molar-refractivity contribution in [2.24, 2.45) is 0 Å². The Morgan fingerprint density at radius 1 is 1.14 bits per heavy atom. The standard InChI is InChI=1S/C19H19ClF3N5O/c1-10-17(12(3)27(25-10)8-13-6-4-5-7-14(13)21)24-15(29)9-28-11(2)16(20)18(26-28)19(22)23/h4-7,19H,8-9H2,1-3H3,(H,24,29). The van der Waals surface area contributed by atoms with E-state index in [-0.39, 0.29) is 29.6 Å². The highest BCUT2D eigenvalue weighted by atomic mass is 35.5.